The number of aromatic carboxylic acids is 1. The number of methoxy groups -OCH3 is 1. The van der Waals surface area contributed by atoms with Gasteiger partial charge in [0.25, 0.3) is 0 Å². The molecule has 1 aliphatic rings. The summed E-state index contributed by atoms with van der Waals surface area (Å²) in [6, 6.07) is 4.79. The number of rotatable bonds is 6. The molecule has 2 N–H and O–H groups in total. The molecule has 0 unspecified atom stereocenters. The molecule has 1 aromatic rings. The zero-order valence-electron chi connectivity index (χ0n) is 15.7. The Morgan fingerprint density at radius 2 is 1.88 bits per heavy atom. The maximum atomic E-state index is 11.1. The normalized spacial score (nSPS) is 19.1. The van der Waals surface area contributed by atoms with Crippen molar-refractivity contribution in [2.75, 3.05) is 20.7 Å². The van der Waals surface area contributed by atoms with Crippen LogP contribution in [-0.2, 0) is 9.31 Å². The number of benzene rings is 1. The van der Waals surface area contributed by atoms with E-state index in [1.807, 2.05) is 40.8 Å². The van der Waals surface area contributed by atoms with Crippen molar-refractivity contribution < 1.29 is 23.9 Å². The molecule has 1 saturated heterocycles. The van der Waals surface area contributed by atoms with E-state index in [4.69, 9.17) is 19.2 Å². The van der Waals surface area contributed by atoms with Crippen molar-refractivity contribution in [3.05, 3.63) is 34.8 Å². The minimum Gasteiger partial charge on any atom is -0.496 e. The SMILES string of the molecule is CNCC(=Cc1ccc(C(=O)O)cc1OC)B1OC(C)(C)C(C)(C)O1. The Bertz CT molecular complexity index is 668. The number of hydrogen-bond donors (Lipinski definition) is 2. The number of nitrogens with one attached hydrogen (secondary N) is 1. The Balaban J connectivity index is 2.39. The van der Waals surface area contributed by atoms with Crippen LogP contribution in [0, 0.1) is 0 Å². The Kier molecular flexibility index (Phi) is 5.61. The maximum absolute atomic E-state index is 11.1. The van der Waals surface area contributed by atoms with E-state index in [0.717, 1.165) is 11.0 Å². The third kappa shape index (κ3) is 4.06. The van der Waals surface area contributed by atoms with Crippen LogP contribution in [0.3, 0.4) is 0 Å². The molecular weight excluding hydrogens is 321 g/mol. The van der Waals surface area contributed by atoms with E-state index in [1.54, 1.807) is 12.1 Å². The molecule has 1 fully saturated rings. The van der Waals surface area contributed by atoms with E-state index in [-0.39, 0.29) is 5.56 Å². The van der Waals surface area contributed by atoms with Crippen molar-refractivity contribution in [3.63, 3.8) is 0 Å². The van der Waals surface area contributed by atoms with E-state index in [1.165, 1.54) is 13.2 Å². The standard InChI is InChI=1S/C18H26BNO5/c1-17(2)18(3,4)25-19(24-17)14(11-20-5)9-12-7-8-13(16(21)22)10-15(12)23-6/h7-10,20H,11H2,1-6H3,(H,21,22). The minimum absolute atomic E-state index is 0.180. The second-order valence-electron chi connectivity index (χ2n) is 7.10. The largest absolute Gasteiger partial charge is 0.496 e. The van der Waals surface area contributed by atoms with Crippen LogP contribution in [0.5, 0.6) is 5.75 Å². The summed E-state index contributed by atoms with van der Waals surface area (Å²) in [5, 5.41) is 12.3. The van der Waals surface area contributed by atoms with Gasteiger partial charge in [-0.2, -0.15) is 0 Å². The lowest BCUT2D eigenvalue weighted by Crippen LogP contribution is -2.41. The average Bonchev–Trinajstić information content (AvgIpc) is 2.75. The minimum atomic E-state index is -0.991. The number of carboxylic acids is 1. The summed E-state index contributed by atoms with van der Waals surface area (Å²) in [4.78, 5) is 11.1. The van der Waals surface area contributed by atoms with Crippen LogP contribution in [0.2, 0.25) is 0 Å². The summed E-state index contributed by atoms with van der Waals surface area (Å²) in [5.74, 6) is -0.500. The highest BCUT2D eigenvalue weighted by Crippen LogP contribution is 2.39. The number of hydrogen-bond acceptors (Lipinski definition) is 5. The topological polar surface area (TPSA) is 77.0 Å². The molecule has 0 atom stereocenters. The lowest BCUT2D eigenvalue weighted by Gasteiger charge is -2.32. The fourth-order valence-corrected chi connectivity index (χ4v) is 2.56. The predicted octanol–water partition coefficient (Wildman–Crippen LogP) is 2.63. The third-order valence-corrected chi connectivity index (χ3v) is 4.76. The quantitative estimate of drug-likeness (QED) is 0.771. The van der Waals surface area contributed by atoms with Crippen LogP contribution >= 0.6 is 0 Å². The summed E-state index contributed by atoms with van der Waals surface area (Å²) >= 11 is 0. The number of carboxylic acid groups (broad SMARTS) is 1. The first-order chi connectivity index (χ1) is 11.6. The highest BCUT2D eigenvalue weighted by atomic mass is 16.7. The highest BCUT2D eigenvalue weighted by Gasteiger charge is 2.52. The summed E-state index contributed by atoms with van der Waals surface area (Å²) < 4.78 is 17.6. The third-order valence-electron chi connectivity index (χ3n) is 4.76. The monoisotopic (exact) mass is 347 g/mol. The molecule has 0 spiro atoms. The second-order valence-corrected chi connectivity index (χ2v) is 7.10. The van der Waals surface area contributed by atoms with Gasteiger partial charge in [0, 0.05) is 12.1 Å². The van der Waals surface area contributed by atoms with Crippen LogP contribution in [-0.4, -0.2) is 50.1 Å². The predicted molar refractivity (Wildman–Crippen MR) is 97.9 cm³/mol. The number of carbonyl (C=O) groups is 1. The fourth-order valence-electron chi connectivity index (χ4n) is 2.56. The maximum Gasteiger partial charge on any atom is 0.491 e. The van der Waals surface area contributed by atoms with Crippen LogP contribution in [0.25, 0.3) is 6.08 Å². The molecule has 0 bridgehead atoms. The molecule has 0 amide bonds. The van der Waals surface area contributed by atoms with E-state index in [0.29, 0.717) is 12.3 Å². The van der Waals surface area contributed by atoms with Gasteiger partial charge in [0.05, 0.1) is 23.9 Å². The Morgan fingerprint density at radius 1 is 1.28 bits per heavy atom. The molecule has 25 heavy (non-hydrogen) atoms. The first-order valence-electron chi connectivity index (χ1n) is 8.23. The van der Waals surface area contributed by atoms with Crippen LogP contribution in [0.15, 0.2) is 23.7 Å². The number of likely N-dealkylation sites (N-methyl/N-ethyl adjacent to an activating group) is 1. The van der Waals surface area contributed by atoms with E-state index in [9.17, 15) is 4.79 Å². The van der Waals surface area contributed by atoms with Gasteiger partial charge < -0.3 is 24.5 Å². The summed E-state index contributed by atoms with van der Waals surface area (Å²) in [7, 11) is 2.88. The van der Waals surface area contributed by atoms with E-state index in [2.05, 4.69) is 5.32 Å². The van der Waals surface area contributed by atoms with E-state index < -0.39 is 24.3 Å². The molecule has 0 radical (unpaired) electrons. The highest BCUT2D eigenvalue weighted by molar-refractivity contribution is 6.56. The first-order valence-corrected chi connectivity index (χ1v) is 8.23. The molecular formula is C18H26BNO5. The van der Waals surface area contributed by atoms with Crippen molar-refractivity contribution in [1.29, 1.82) is 0 Å². The van der Waals surface area contributed by atoms with Gasteiger partial charge in [-0.3, -0.25) is 0 Å². The molecule has 1 aliphatic heterocycles. The summed E-state index contributed by atoms with van der Waals surface area (Å²) in [6.45, 7) is 8.59. The first kappa shape index (κ1) is 19.5. The van der Waals surface area contributed by atoms with Gasteiger partial charge >= 0.3 is 13.1 Å². The fraction of sp³-hybridized carbons (Fsp3) is 0.500. The van der Waals surface area contributed by atoms with Crippen molar-refractivity contribution >= 4 is 19.2 Å². The molecule has 7 heteroatoms. The molecule has 0 aliphatic carbocycles. The van der Waals surface area contributed by atoms with Crippen molar-refractivity contribution in [2.45, 2.75) is 38.9 Å². The van der Waals surface area contributed by atoms with Crippen LogP contribution in [0.4, 0.5) is 0 Å². The van der Waals surface area contributed by atoms with Gasteiger partial charge in [0.15, 0.2) is 0 Å². The van der Waals surface area contributed by atoms with E-state index >= 15 is 0 Å². The lowest BCUT2D eigenvalue weighted by atomic mass is 9.77. The van der Waals surface area contributed by atoms with Crippen molar-refractivity contribution in [2.24, 2.45) is 0 Å². The van der Waals surface area contributed by atoms with Crippen molar-refractivity contribution in [3.8, 4) is 5.75 Å². The van der Waals surface area contributed by atoms with Crippen LogP contribution in [0.1, 0.15) is 43.6 Å². The van der Waals surface area contributed by atoms with Gasteiger partial charge in [-0.05, 0) is 52.3 Å². The number of ether oxygens (including phenoxy) is 1. The molecule has 2 rings (SSSR count). The summed E-state index contributed by atoms with van der Waals surface area (Å²) in [5.41, 5.74) is 0.999. The molecule has 0 aromatic heterocycles. The molecule has 136 valence electrons. The van der Waals surface area contributed by atoms with Gasteiger partial charge in [0.2, 0.25) is 0 Å². The van der Waals surface area contributed by atoms with Gasteiger partial charge in [-0.1, -0.05) is 12.1 Å². The Hall–Kier alpha value is -1.83. The molecule has 6 nitrogen and oxygen atoms in total. The molecule has 0 saturated carbocycles. The lowest BCUT2D eigenvalue weighted by molar-refractivity contribution is 0.00578. The van der Waals surface area contributed by atoms with Gasteiger partial charge in [-0.15, -0.1) is 0 Å². The Labute approximate surface area is 149 Å². The van der Waals surface area contributed by atoms with Crippen molar-refractivity contribution in [1.82, 2.24) is 5.32 Å². The molecule has 1 heterocycles. The van der Waals surface area contributed by atoms with Gasteiger partial charge in [0.1, 0.15) is 5.75 Å². The Morgan fingerprint density at radius 3 is 2.36 bits per heavy atom. The second kappa shape index (κ2) is 7.19. The zero-order chi connectivity index (χ0) is 18.8. The zero-order valence-corrected chi connectivity index (χ0v) is 15.7. The smallest absolute Gasteiger partial charge is 0.491 e. The van der Waals surface area contributed by atoms with Crippen LogP contribution < -0.4 is 10.1 Å². The molecule has 1 aromatic carbocycles. The summed E-state index contributed by atoms with van der Waals surface area (Å²) in [6.07, 6.45) is 1.92. The average molecular weight is 347 g/mol. The van der Waals surface area contributed by atoms with Gasteiger partial charge in [-0.25, -0.2) is 4.79 Å².